The van der Waals surface area contributed by atoms with E-state index in [4.69, 9.17) is 14.2 Å². The predicted octanol–water partition coefficient (Wildman–Crippen LogP) is 4.50. The van der Waals surface area contributed by atoms with Gasteiger partial charge in [-0.1, -0.05) is 18.2 Å². The average Bonchev–Trinajstić information content (AvgIpc) is 3.14. The predicted molar refractivity (Wildman–Crippen MR) is 134 cm³/mol. The molecule has 1 aromatic carbocycles. The van der Waals surface area contributed by atoms with Crippen molar-refractivity contribution < 1.29 is 28.6 Å². The van der Waals surface area contributed by atoms with Gasteiger partial charge in [-0.2, -0.15) is 0 Å². The van der Waals surface area contributed by atoms with Crippen molar-refractivity contribution in [3.05, 3.63) is 70.3 Å². The first-order chi connectivity index (χ1) is 16.7. The number of nitrogens with zero attached hydrogens (tertiary/aromatic N) is 2. The van der Waals surface area contributed by atoms with Gasteiger partial charge >= 0.3 is 18.0 Å². The Kier molecular flexibility index (Phi) is 7.43. The molecule has 0 fully saturated rings. The van der Waals surface area contributed by atoms with Gasteiger partial charge < -0.3 is 18.8 Å². The average molecular weight is 497 g/mol. The van der Waals surface area contributed by atoms with Crippen LogP contribution in [0.3, 0.4) is 0 Å². The first-order valence-electron chi connectivity index (χ1n) is 11.6. The van der Waals surface area contributed by atoms with Gasteiger partial charge in [-0.3, -0.25) is 9.36 Å². The number of esters is 2. The zero-order valence-electron chi connectivity index (χ0n) is 21.7. The number of ether oxygens (including phenoxy) is 3. The number of methoxy groups -OCH3 is 1. The van der Waals surface area contributed by atoms with Crippen LogP contribution >= 0.6 is 0 Å². The Morgan fingerprint density at radius 3 is 2.17 bits per heavy atom. The van der Waals surface area contributed by atoms with Crippen molar-refractivity contribution >= 4 is 28.9 Å². The molecule has 3 rings (SSSR count). The molecule has 0 spiro atoms. The molecule has 9 nitrogen and oxygen atoms in total. The van der Waals surface area contributed by atoms with E-state index in [0.29, 0.717) is 16.5 Å². The SMILES string of the molecule is COC(=O)c1cccn([C@@H](Cc2cn(C(=O)OC(C)(C)C)c3ccccc23)C(=O)OC(C)(C)C)c1=O. The molecule has 2 aromatic heterocycles. The van der Waals surface area contributed by atoms with Gasteiger partial charge in [0.1, 0.15) is 22.8 Å². The van der Waals surface area contributed by atoms with Crippen LogP contribution in [-0.2, 0) is 25.4 Å². The molecular formula is C27H32N2O7. The van der Waals surface area contributed by atoms with E-state index in [0.717, 1.165) is 0 Å². The summed E-state index contributed by atoms with van der Waals surface area (Å²) in [5.74, 6) is -1.46. The lowest BCUT2D eigenvalue weighted by Crippen LogP contribution is -2.37. The smallest absolute Gasteiger partial charge is 0.419 e. The van der Waals surface area contributed by atoms with Crippen LogP contribution in [0, 0.1) is 0 Å². The summed E-state index contributed by atoms with van der Waals surface area (Å²) in [6.45, 7) is 10.5. The highest BCUT2D eigenvalue weighted by Gasteiger charge is 2.31. The van der Waals surface area contributed by atoms with Crippen molar-refractivity contribution in [1.29, 1.82) is 0 Å². The van der Waals surface area contributed by atoms with Crippen molar-refractivity contribution in [2.24, 2.45) is 0 Å². The molecule has 0 saturated carbocycles. The van der Waals surface area contributed by atoms with E-state index in [-0.39, 0.29) is 12.0 Å². The third-order valence-corrected chi connectivity index (χ3v) is 5.19. The molecule has 0 saturated heterocycles. The lowest BCUT2D eigenvalue weighted by atomic mass is 10.0. The topological polar surface area (TPSA) is 106 Å². The number of rotatable bonds is 5. The molecule has 2 heterocycles. The molecule has 0 bridgehead atoms. The van der Waals surface area contributed by atoms with E-state index in [9.17, 15) is 19.2 Å². The van der Waals surface area contributed by atoms with Gasteiger partial charge in [0.05, 0.1) is 12.6 Å². The molecule has 0 unspecified atom stereocenters. The van der Waals surface area contributed by atoms with Gasteiger partial charge in [-0.25, -0.2) is 14.4 Å². The first kappa shape index (κ1) is 26.7. The van der Waals surface area contributed by atoms with Crippen molar-refractivity contribution in [2.75, 3.05) is 7.11 Å². The molecule has 9 heteroatoms. The minimum atomic E-state index is -1.11. The third-order valence-electron chi connectivity index (χ3n) is 5.19. The maximum atomic E-state index is 13.3. The number of benzene rings is 1. The van der Waals surface area contributed by atoms with Crippen LogP contribution in [-0.4, -0.2) is 45.5 Å². The van der Waals surface area contributed by atoms with Gasteiger partial charge in [-0.15, -0.1) is 0 Å². The summed E-state index contributed by atoms with van der Waals surface area (Å²) < 4.78 is 18.4. The fourth-order valence-corrected chi connectivity index (χ4v) is 3.77. The Balaban J connectivity index is 2.14. The Morgan fingerprint density at radius 2 is 1.56 bits per heavy atom. The number of aromatic nitrogens is 2. The van der Waals surface area contributed by atoms with Crippen LogP contribution in [0.1, 0.15) is 63.5 Å². The standard InChI is InChI=1S/C27H32N2O7/c1-26(2,3)35-24(32)21(28-14-10-12-19(22(28)30)23(31)34-7)15-17-16-29(25(33)36-27(4,5)6)20-13-9-8-11-18(17)20/h8-14,16,21H,15H2,1-7H3/t21-/m0/s1. The minimum Gasteiger partial charge on any atom is -0.465 e. The number of carbonyl (C=O) groups excluding carboxylic acids is 3. The van der Waals surface area contributed by atoms with Crippen LogP contribution in [0.2, 0.25) is 0 Å². The highest BCUT2D eigenvalue weighted by molar-refractivity contribution is 5.92. The zero-order valence-corrected chi connectivity index (χ0v) is 21.7. The fourth-order valence-electron chi connectivity index (χ4n) is 3.77. The Labute approximate surface area is 209 Å². The summed E-state index contributed by atoms with van der Waals surface area (Å²) >= 11 is 0. The van der Waals surface area contributed by atoms with E-state index in [1.165, 1.54) is 34.6 Å². The number of para-hydroxylation sites is 1. The normalized spacial score (nSPS) is 12.8. The maximum absolute atomic E-state index is 13.3. The molecule has 36 heavy (non-hydrogen) atoms. The summed E-state index contributed by atoms with van der Waals surface area (Å²) in [6.07, 6.45) is 2.49. The summed E-state index contributed by atoms with van der Waals surface area (Å²) in [5.41, 5.74) is -1.18. The number of hydrogen-bond donors (Lipinski definition) is 0. The molecular weight excluding hydrogens is 464 g/mol. The second-order valence-electron chi connectivity index (χ2n) is 10.4. The summed E-state index contributed by atoms with van der Waals surface area (Å²) in [5, 5.41) is 0.717. The Morgan fingerprint density at radius 1 is 0.917 bits per heavy atom. The van der Waals surface area contributed by atoms with Crippen molar-refractivity contribution in [1.82, 2.24) is 9.13 Å². The summed E-state index contributed by atoms with van der Waals surface area (Å²) in [7, 11) is 1.18. The van der Waals surface area contributed by atoms with E-state index in [1.807, 2.05) is 12.1 Å². The van der Waals surface area contributed by atoms with Crippen LogP contribution in [0.15, 0.2) is 53.6 Å². The van der Waals surface area contributed by atoms with E-state index in [1.54, 1.807) is 59.9 Å². The fraction of sp³-hybridized carbons (Fsp3) is 0.407. The second-order valence-corrected chi connectivity index (χ2v) is 10.4. The molecule has 192 valence electrons. The Bertz CT molecular complexity index is 1350. The van der Waals surface area contributed by atoms with E-state index < -0.39 is 40.8 Å². The molecule has 3 aromatic rings. The van der Waals surface area contributed by atoms with Crippen molar-refractivity contribution in [3.63, 3.8) is 0 Å². The van der Waals surface area contributed by atoms with Crippen LogP contribution in [0.25, 0.3) is 10.9 Å². The molecule has 0 aliphatic rings. The van der Waals surface area contributed by atoms with Crippen LogP contribution in [0.5, 0.6) is 0 Å². The monoisotopic (exact) mass is 496 g/mol. The lowest BCUT2D eigenvalue weighted by molar-refractivity contribution is -0.159. The van der Waals surface area contributed by atoms with Gasteiger partial charge in [0.25, 0.3) is 5.56 Å². The van der Waals surface area contributed by atoms with Gasteiger partial charge in [-0.05, 0) is 65.3 Å². The minimum absolute atomic E-state index is 0.0236. The number of hydrogen-bond acceptors (Lipinski definition) is 7. The lowest BCUT2D eigenvalue weighted by Gasteiger charge is -2.25. The first-order valence-corrected chi connectivity index (χ1v) is 11.6. The largest absolute Gasteiger partial charge is 0.465 e. The second kappa shape index (κ2) is 10.0. The zero-order chi connectivity index (χ0) is 26.8. The van der Waals surface area contributed by atoms with Crippen LogP contribution < -0.4 is 5.56 Å². The Hall–Kier alpha value is -3.88. The van der Waals surface area contributed by atoms with Gasteiger partial charge in [0, 0.05) is 24.2 Å². The van der Waals surface area contributed by atoms with Crippen molar-refractivity contribution in [2.45, 2.75) is 65.2 Å². The number of fused-ring (bicyclic) bond motifs is 1. The maximum Gasteiger partial charge on any atom is 0.419 e. The molecule has 0 amide bonds. The molecule has 0 radical (unpaired) electrons. The molecule has 0 aliphatic carbocycles. The summed E-state index contributed by atoms with van der Waals surface area (Å²) in [6, 6.07) is 8.93. The molecule has 1 atom stereocenters. The number of carbonyl (C=O) groups is 3. The van der Waals surface area contributed by atoms with Gasteiger partial charge in [0.2, 0.25) is 0 Å². The molecule has 0 aliphatic heterocycles. The van der Waals surface area contributed by atoms with Gasteiger partial charge in [0.15, 0.2) is 0 Å². The molecule has 0 N–H and O–H groups in total. The summed E-state index contributed by atoms with van der Waals surface area (Å²) in [4.78, 5) is 51.6. The third kappa shape index (κ3) is 6.02. The highest BCUT2D eigenvalue weighted by Crippen LogP contribution is 2.27. The quantitative estimate of drug-likeness (QED) is 0.378. The number of pyridine rings is 1. The van der Waals surface area contributed by atoms with Crippen LogP contribution in [0.4, 0.5) is 4.79 Å². The van der Waals surface area contributed by atoms with Crippen molar-refractivity contribution in [3.8, 4) is 0 Å². The highest BCUT2D eigenvalue weighted by atomic mass is 16.6. The van der Waals surface area contributed by atoms with E-state index in [2.05, 4.69) is 0 Å². The van der Waals surface area contributed by atoms with E-state index >= 15 is 0 Å².